The predicted octanol–water partition coefficient (Wildman–Crippen LogP) is 0.174. The van der Waals surface area contributed by atoms with Gasteiger partial charge in [-0.15, -0.1) is 0 Å². The van der Waals surface area contributed by atoms with Gasteiger partial charge in [-0.2, -0.15) is 0 Å². The zero-order chi connectivity index (χ0) is 11.3. The number of para-hydroxylation sites is 1. The monoisotopic (exact) mass is 228 g/mol. The van der Waals surface area contributed by atoms with E-state index in [1.807, 2.05) is 6.07 Å². The highest BCUT2D eigenvalue weighted by Gasteiger charge is 2.05. The number of anilines is 1. The maximum absolute atomic E-state index is 11.2. The summed E-state index contributed by atoms with van der Waals surface area (Å²) in [5.74, 6) is -0.397. The van der Waals surface area contributed by atoms with Crippen molar-refractivity contribution in [3.63, 3.8) is 0 Å². The molecule has 0 unspecified atom stereocenters. The summed E-state index contributed by atoms with van der Waals surface area (Å²) < 4.78 is 23.5. The standard InChI is InChI=1S/C9H12N2O3S/c1-15(13,14)10-7-9(12)11-8-5-3-2-4-6-8/h2-6,10H,7H2,1H3,(H,11,12). The summed E-state index contributed by atoms with van der Waals surface area (Å²) in [5.41, 5.74) is 0.637. The number of amides is 1. The molecule has 0 atom stereocenters. The molecule has 1 aromatic rings. The first-order valence-corrected chi connectivity index (χ1v) is 6.16. The molecule has 0 aliphatic heterocycles. The van der Waals surface area contributed by atoms with Crippen molar-refractivity contribution in [2.75, 3.05) is 18.1 Å². The molecule has 0 heterocycles. The average molecular weight is 228 g/mol. The first-order valence-electron chi connectivity index (χ1n) is 4.27. The maximum atomic E-state index is 11.2. The Morgan fingerprint density at radius 2 is 1.87 bits per heavy atom. The van der Waals surface area contributed by atoms with Crippen LogP contribution in [0.2, 0.25) is 0 Å². The van der Waals surface area contributed by atoms with E-state index in [1.54, 1.807) is 24.3 Å². The predicted molar refractivity (Wildman–Crippen MR) is 57.9 cm³/mol. The van der Waals surface area contributed by atoms with Crippen LogP contribution in [0.4, 0.5) is 5.69 Å². The molecule has 0 bridgehead atoms. The fourth-order valence-electron chi connectivity index (χ4n) is 0.923. The van der Waals surface area contributed by atoms with Gasteiger partial charge in [0.1, 0.15) is 0 Å². The highest BCUT2D eigenvalue weighted by atomic mass is 32.2. The van der Waals surface area contributed by atoms with E-state index in [0.717, 1.165) is 6.26 Å². The third kappa shape index (κ3) is 5.14. The second kappa shape index (κ2) is 4.90. The lowest BCUT2D eigenvalue weighted by Crippen LogP contribution is -2.31. The van der Waals surface area contributed by atoms with E-state index >= 15 is 0 Å². The molecule has 0 aromatic heterocycles. The summed E-state index contributed by atoms with van der Waals surface area (Å²) in [6.07, 6.45) is 1.00. The molecule has 82 valence electrons. The van der Waals surface area contributed by atoms with Crippen molar-refractivity contribution in [1.29, 1.82) is 0 Å². The van der Waals surface area contributed by atoms with Crippen LogP contribution in [0.1, 0.15) is 0 Å². The number of carbonyl (C=O) groups is 1. The number of hydrogen-bond acceptors (Lipinski definition) is 3. The Kier molecular flexibility index (Phi) is 3.81. The molecule has 0 fully saturated rings. The normalized spacial score (nSPS) is 11.0. The van der Waals surface area contributed by atoms with Gasteiger partial charge in [0, 0.05) is 5.69 Å². The van der Waals surface area contributed by atoms with Crippen LogP contribution in [0.25, 0.3) is 0 Å². The first kappa shape index (κ1) is 11.7. The molecule has 2 N–H and O–H groups in total. The van der Waals surface area contributed by atoms with Crippen LogP contribution in [0, 0.1) is 0 Å². The molecule has 6 heteroatoms. The van der Waals surface area contributed by atoms with Gasteiger partial charge in [0.2, 0.25) is 15.9 Å². The molecule has 0 radical (unpaired) electrons. The molecule has 0 saturated heterocycles. The number of rotatable bonds is 4. The SMILES string of the molecule is CS(=O)(=O)NCC(=O)Nc1ccccc1. The number of nitrogens with one attached hydrogen (secondary N) is 2. The van der Waals surface area contributed by atoms with Crippen LogP contribution in [0.5, 0.6) is 0 Å². The van der Waals surface area contributed by atoms with E-state index in [9.17, 15) is 13.2 Å². The molecular weight excluding hydrogens is 216 g/mol. The molecular formula is C9H12N2O3S. The minimum Gasteiger partial charge on any atom is -0.325 e. The smallest absolute Gasteiger partial charge is 0.239 e. The Bertz CT molecular complexity index is 428. The summed E-state index contributed by atoms with van der Waals surface area (Å²) in [5, 5.41) is 2.55. The lowest BCUT2D eigenvalue weighted by Gasteiger charge is -2.04. The number of sulfonamides is 1. The largest absolute Gasteiger partial charge is 0.325 e. The van der Waals surface area contributed by atoms with E-state index < -0.39 is 15.9 Å². The number of hydrogen-bond donors (Lipinski definition) is 2. The summed E-state index contributed by atoms with van der Waals surface area (Å²) in [4.78, 5) is 11.2. The van der Waals surface area contributed by atoms with E-state index in [0.29, 0.717) is 5.69 Å². The van der Waals surface area contributed by atoms with Crippen molar-refractivity contribution in [1.82, 2.24) is 4.72 Å². The van der Waals surface area contributed by atoms with Crippen molar-refractivity contribution in [2.24, 2.45) is 0 Å². The topological polar surface area (TPSA) is 75.3 Å². The van der Waals surface area contributed by atoms with Crippen LogP contribution < -0.4 is 10.0 Å². The van der Waals surface area contributed by atoms with Crippen LogP contribution in [-0.4, -0.2) is 27.1 Å². The van der Waals surface area contributed by atoms with E-state index in [2.05, 4.69) is 10.0 Å². The summed E-state index contributed by atoms with van der Waals surface area (Å²) in [6.45, 7) is -0.256. The van der Waals surface area contributed by atoms with Crippen molar-refractivity contribution in [3.8, 4) is 0 Å². The molecule has 0 aliphatic rings. The van der Waals surface area contributed by atoms with Gasteiger partial charge in [0.25, 0.3) is 0 Å². The van der Waals surface area contributed by atoms with Gasteiger partial charge >= 0.3 is 0 Å². The molecule has 0 aliphatic carbocycles. The van der Waals surface area contributed by atoms with Gasteiger partial charge in [-0.05, 0) is 12.1 Å². The average Bonchev–Trinajstić information content (AvgIpc) is 2.15. The van der Waals surface area contributed by atoms with Crippen molar-refractivity contribution in [2.45, 2.75) is 0 Å². The maximum Gasteiger partial charge on any atom is 0.239 e. The number of carbonyl (C=O) groups excluding carboxylic acids is 1. The Morgan fingerprint density at radius 1 is 1.27 bits per heavy atom. The summed E-state index contributed by atoms with van der Waals surface area (Å²) in [6, 6.07) is 8.82. The quantitative estimate of drug-likeness (QED) is 0.771. The third-order valence-electron chi connectivity index (χ3n) is 1.55. The molecule has 1 amide bonds. The Hall–Kier alpha value is -1.40. The lowest BCUT2D eigenvalue weighted by atomic mass is 10.3. The lowest BCUT2D eigenvalue weighted by molar-refractivity contribution is -0.115. The van der Waals surface area contributed by atoms with Gasteiger partial charge in [0.15, 0.2) is 0 Å². The van der Waals surface area contributed by atoms with Gasteiger partial charge in [0.05, 0.1) is 12.8 Å². The van der Waals surface area contributed by atoms with E-state index in [1.165, 1.54) is 0 Å². The van der Waals surface area contributed by atoms with Crippen LogP contribution in [0.15, 0.2) is 30.3 Å². The second-order valence-electron chi connectivity index (χ2n) is 3.01. The Balaban J connectivity index is 2.44. The van der Waals surface area contributed by atoms with Gasteiger partial charge in [-0.1, -0.05) is 18.2 Å². The minimum absolute atomic E-state index is 0.256. The zero-order valence-corrected chi connectivity index (χ0v) is 9.04. The van der Waals surface area contributed by atoms with Crippen molar-refractivity contribution < 1.29 is 13.2 Å². The highest BCUT2D eigenvalue weighted by Crippen LogP contribution is 2.03. The van der Waals surface area contributed by atoms with Crippen LogP contribution in [0.3, 0.4) is 0 Å². The van der Waals surface area contributed by atoms with Gasteiger partial charge in [-0.3, -0.25) is 4.79 Å². The van der Waals surface area contributed by atoms with Crippen molar-refractivity contribution >= 4 is 21.6 Å². The fourth-order valence-corrected chi connectivity index (χ4v) is 1.32. The Labute approximate surface area is 88.5 Å². The molecule has 1 aromatic carbocycles. The Morgan fingerprint density at radius 3 is 2.40 bits per heavy atom. The molecule has 1 rings (SSSR count). The van der Waals surface area contributed by atoms with E-state index in [4.69, 9.17) is 0 Å². The molecule has 5 nitrogen and oxygen atoms in total. The molecule has 0 saturated carbocycles. The van der Waals surface area contributed by atoms with E-state index in [-0.39, 0.29) is 6.54 Å². The van der Waals surface area contributed by atoms with Crippen LogP contribution in [-0.2, 0) is 14.8 Å². The second-order valence-corrected chi connectivity index (χ2v) is 4.84. The van der Waals surface area contributed by atoms with Crippen LogP contribution >= 0.6 is 0 Å². The molecule has 0 spiro atoms. The third-order valence-corrected chi connectivity index (χ3v) is 2.22. The molecule has 15 heavy (non-hydrogen) atoms. The minimum atomic E-state index is -3.32. The first-order chi connectivity index (χ1) is 6.97. The van der Waals surface area contributed by atoms with Crippen molar-refractivity contribution in [3.05, 3.63) is 30.3 Å². The fraction of sp³-hybridized carbons (Fsp3) is 0.222. The number of benzene rings is 1. The highest BCUT2D eigenvalue weighted by molar-refractivity contribution is 7.88. The van der Waals surface area contributed by atoms with Gasteiger partial charge < -0.3 is 5.32 Å². The zero-order valence-electron chi connectivity index (χ0n) is 8.23. The van der Waals surface area contributed by atoms with Gasteiger partial charge in [-0.25, -0.2) is 13.1 Å². The summed E-state index contributed by atoms with van der Waals surface area (Å²) in [7, 11) is -3.32. The summed E-state index contributed by atoms with van der Waals surface area (Å²) >= 11 is 0.